The zero-order valence-electron chi connectivity index (χ0n) is 6.42. The van der Waals surface area contributed by atoms with Gasteiger partial charge in [-0.1, -0.05) is 26.8 Å². The molecule has 2 nitrogen and oxygen atoms in total. The van der Waals surface area contributed by atoms with Crippen LogP contribution < -0.4 is 0 Å². The molecule has 0 radical (unpaired) electrons. The van der Waals surface area contributed by atoms with Gasteiger partial charge in [0.1, 0.15) is 0 Å². The molecule has 0 atom stereocenters. The summed E-state index contributed by atoms with van der Waals surface area (Å²) in [6.07, 6.45) is 1.25. The SMILES string of the molecule is C=C(CS)C(=O)O.CCC. The van der Waals surface area contributed by atoms with Gasteiger partial charge in [-0.3, -0.25) is 0 Å². The maximum Gasteiger partial charge on any atom is 0.331 e. The molecule has 0 aliphatic heterocycles. The van der Waals surface area contributed by atoms with Crippen LogP contribution in [0.1, 0.15) is 20.3 Å². The zero-order chi connectivity index (χ0) is 8.57. The number of rotatable bonds is 2. The van der Waals surface area contributed by atoms with Crippen LogP contribution in [0.3, 0.4) is 0 Å². The van der Waals surface area contributed by atoms with E-state index in [0.717, 1.165) is 0 Å². The first-order valence-electron chi connectivity index (χ1n) is 3.12. The van der Waals surface area contributed by atoms with Crippen LogP contribution >= 0.6 is 12.6 Å². The summed E-state index contributed by atoms with van der Waals surface area (Å²) in [5.41, 5.74) is 0.128. The standard InChI is InChI=1S/C4H6O2S.C3H8/c1-3(2-7)4(5)6;1-3-2/h7H,1-2H2,(H,5,6);3H2,1-2H3. The molecule has 0 saturated heterocycles. The minimum Gasteiger partial charge on any atom is -0.478 e. The normalized spacial score (nSPS) is 7.50. The summed E-state index contributed by atoms with van der Waals surface area (Å²) < 4.78 is 0. The molecule has 0 aromatic carbocycles. The predicted octanol–water partition coefficient (Wildman–Crippen LogP) is 1.97. The highest BCUT2D eigenvalue weighted by Crippen LogP contribution is 1.90. The zero-order valence-corrected chi connectivity index (χ0v) is 7.32. The van der Waals surface area contributed by atoms with Gasteiger partial charge in [0.05, 0.1) is 0 Å². The maximum atomic E-state index is 9.78. The van der Waals surface area contributed by atoms with Gasteiger partial charge in [0.15, 0.2) is 0 Å². The van der Waals surface area contributed by atoms with Gasteiger partial charge in [-0.15, -0.1) is 0 Å². The Morgan fingerprint density at radius 2 is 1.90 bits per heavy atom. The second-order valence-corrected chi connectivity index (χ2v) is 2.09. The van der Waals surface area contributed by atoms with Gasteiger partial charge in [0, 0.05) is 11.3 Å². The molecule has 1 N–H and O–H groups in total. The summed E-state index contributed by atoms with van der Waals surface area (Å²) in [5, 5.41) is 8.03. The quantitative estimate of drug-likeness (QED) is 0.481. The van der Waals surface area contributed by atoms with Crippen LogP contribution in [0, 0.1) is 0 Å². The molecule has 0 aromatic heterocycles. The number of aliphatic carboxylic acids is 1. The van der Waals surface area contributed by atoms with E-state index in [1.807, 2.05) is 0 Å². The van der Waals surface area contributed by atoms with Crippen molar-refractivity contribution in [2.45, 2.75) is 20.3 Å². The molecule has 3 heteroatoms. The fourth-order valence-corrected chi connectivity index (χ4v) is 0.203. The lowest BCUT2D eigenvalue weighted by Crippen LogP contribution is -1.98. The molecule has 0 aliphatic rings. The van der Waals surface area contributed by atoms with Crippen LogP contribution in [0.4, 0.5) is 0 Å². The molecule has 0 saturated carbocycles. The Morgan fingerprint density at radius 3 is 1.90 bits per heavy atom. The number of carboxylic acids is 1. The highest BCUT2D eigenvalue weighted by molar-refractivity contribution is 7.80. The number of hydrogen-bond donors (Lipinski definition) is 2. The Balaban J connectivity index is 0. The van der Waals surface area contributed by atoms with Crippen LogP contribution in [0.25, 0.3) is 0 Å². The molecule has 0 aromatic rings. The minimum atomic E-state index is -0.977. The van der Waals surface area contributed by atoms with Gasteiger partial charge in [0.2, 0.25) is 0 Å². The van der Waals surface area contributed by atoms with Crippen molar-refractivity contribution < 1.29 is 9.90 Å². The van der Waals surface area contributed by atoms with Crippen LogP contribution in [0.15, 0.2) is 12.2 Å². The van der Waals surface area contributed by atoms with E-state index in [1.54, 1.807) is 0 Å². The third-order valence-electron chi connectivity index (χ3n) is 0.493. The molecule has 0 rings (SSSR count). The molecule has 0 spiro atoms. The van der Waals surface area contributed by atoms with Gasteiger partial charge in [0.25, 0.3) is 0 Å². The van der Waals surface area contributed by atoms with E-state index in [1.165, 1.54) is 6.42 Å². The van der Waals surface area contributed by atoms with Crippen molar-refractivity contribution in [1.82, 2.24) is 0 Å². The van der Waals surface area contributed by atoms with Crippen molar-refractivity contribution in [1.29, 1.82) is 0 Å². The Bertz CT molecular complexity index is 110. The second kappa shape index (κ2) is 8.56. The minimum absolute atomic E-state index is 0.128. The number of carbonyl (C=O) groups is 1. The molecule has 0 bridgehead atoms. The topological polar surface area (TPSA) is 37.3 Å². The van der Waals surface area contributed by atoms with E-state index in [4.69, 9.17) is 5.11 Å². The van der Waals surface area contributed by atoms with E-state index in [9.17, 15) is 4.79 Å². The van der Waals surface area contributed by atoms with E-state index in [-0.39, 0.29) is 11.3 Å². The fourth-order valence-electron chi connectivity index (χ4n) is 0.0676. The lowest BCUT2D eigenvalue weighted by Gasteiger charge is -1.87. The number of hydrogen-bond acceptors (Lipinski definition) is 2. The molecular formula is C7H14O2S. The Morgan fingerprint density at radius 1 is 1.60 bits per heavy atom. The summed E-state index contributed by atoms with van der Waals surface area (Å²) in [6, 6.07) is 0. The number of thiol groups is 1. The van der Waals surface area contributed by atoms with E-state index in [2.05, 4.69) is 33.1 Å². The largest absolute Gasteiger partial charge is 0.478 e. The summed E-state index contributed by atoms with van der Waals surface area (Å²) in [6.45, 7) is 7.45. The molecule has 0 aliphatic carbocycles. The second-order valence-electron chi connectivity index (χ2n) is 1.77. The van der Waals surface area contributed by atoms with E-state index >= 15 is 0 Å². The Hall–Kier alpha value is -0.440. The third kappa shape index (κ3) is 10.5. The maximum absolute atomic E-state index is 9.78. The molecule has 0 amide bonds. The van der Waals surface area contributed by atoms with Crippen molar-refractivity contribution in [2.24, 2.45) is 0 Å². The first-order valence-corrected chi connectivity index (χ1v) is 3.75. The lowest BCUT2D eigenvalue weighted by atomic mass is 10.4. The summed E-state index contributed by atoms with van der Waals surface area (Å²) in [4.78, 5) is 9.78. The first kappa shape index (κ1) is 12.3. The van der Waals surface area contributed by atoms with Gasteiger partial charge >= 0.3 is 5.97 Å². The van der Waals surface area contributed by atoms with Crippen LogP contribution in [0.5, 0.6) is 0 Å². The first-order chi connectivity index (χ1) is 4.59. The van der Waals surface area contributed by atoms with Gasteiger partial charge in [-0.2, -0.15) is 12.6 Å². The van der Waals surface area contributed by atoms with Crippen LogP contribution in [0.2, 0.25) is 0 Å². The average Bonchev–Trinajstić information content (AvgIpc) is 1.88. The van der Waals surface area contributed by atoms with Gasteiger partial charge < -0.3 is 5.11 Å². The summed E-state index contributed by atoms with van der Waals surface area (Å²) in [7, 11) is 0. The summed E-state index contributed by atoms with van der Waals surface area (Å²) >= 11 is 3.67. The Labute approximate surface area is 67.4 Å². The molecule has 0 unspecified atom stereocenters. The molecule has 0 heterocycles. The molecule has 10 heavy (non-hydrogen) atoms. The van der Waals surface area contributed by atoms with Crippen molar-refractivity contribution in [3.63, 3.8) is 0 Å². The predicted molar refractivity (Wildman–Crippen MR) is 46.6 cm³/mol. The van der Waals surface area contributed by atoms with Crippen LogP contribution in [-0.2, 0) is 4.79 Å². The van der Waals surface area contributed by atoms with Crippen molar-refractivity contribution in [3.8, 4) is 0 Å². The highest BCUT2D eigenvalue weighted by Gasteiger charge is 1.97. The van der Waals surface area contributed by atoms with E-state index < -0.39 is 5.97 Å². The third-order valence-corrected chi connectivity index (χ3v) is 0.875. The summed E-state index contributed by atoms with van der Waals surface area (Å²) in [5.74, 6) is -0.759. The average molecular weight is 162 g/mol. The van der Waals surface area contributed by atoms with Crippen LogP contribution in [-0.4, -0.2) is 16.8 Å². The molecule has 60 valence electrons. The van der Waals surface area contributed by atoms with Gasteiger partial charge in [-0.25, -0.2) is 4.79 Å². The monoisotopic (exact) mass is 162 g/mol. The van der Waals surface area contributed by atoms with E-state index in [0.29, 0.717) is 0 Å². The van der Waals surface area contributed by atoms with Crippen molar-refractivity contribution >= 4 is 18.6 Å². The van der Waals surface area contributed by atoms with Crippen molar-refractivity contribution in [2.75, 3.05) is 5.75 Å². The fraction of sp³-hybridized carbons (Fsp3) is 0.571. The number of carboxylic acid groups (broad SMARTS) is 1. The molecule has 0 fully saturated rings. The smallest absolute Gasteiger partial charge is 0.331 e. The van der Waals surface area contributed by atoms with Gasteiger partial charge in [-0.05, 0) is 0 Å². The highest BCUT2D eigenvalue weighted by atomic mass is 32.1. The van der Waals surface area contributed by atoms with Crippen molar-refractivity contribution in [3.05, 3.63) is 12.2 Å². The lowest BCUT2D eigenvalue weighted by molar-refractivity contribution is -0.132. The Kier molecular flexibility index (Phi) is 10.5. The molecular weight excluding hydrogens is 148 g/mol.